The zero-order valence-electron chi connectivity index (χ0n) is 18.7. The maximum Gasteiger partial charge on any atom is 0.114 e. The maximum absolute atomic E-state index is 2.45. The molecule has 0 aliphatic carbocycles. The fraction of sp³-hybridized carbons (Fsp3) is 0.0968. The first kappa shape index (κ1) is 19.6. The van der Waals surface area contributed by atoms with E-state index in [1.54, 1.807) is 0 Å². The van der Waals surface area contributed by atoms with Crippen LogP contribution in [0.1, 0.15) is 29.7 Å². The highest BCUT2D eigenvalue weighted by Crippen LogP contribution is 2.42. The molecule has 0 fully saturated rings. The van der Waals surface area contributed by atoms with E-state index in [-0.39, 0.29) is 6.04 Å². The van der Waals surface area contributed by atoms with Crippen molar-refractivity contribution in [1.82, 2.24) is 9.80 Å². The lowest BCUT2D eigenvalue weighted by Gasteiger charge is -2.43. The largest absolute Gasteiger partial charge is 0.323 e. The van der Waals surface area contributed by atoms with Crippen molar-refractivity contribution in [3.05, 3.63) is 144 Å². The third-order valence-corrected chi connectivity index (χ3v) is 6.61. The van der Waals surface area contributed by atoms with Crippen LogP contribution >= 0.6 is 0 Å². The van der Waals surface area contributed by atoms with Crippen molar-refractivity contribution < 1.29 is 0 Å². The SMILES string of the molecule is CC1=CCN2C(=C1)c1cc(-c3ccccc3)ccc1C=C2N1C=CC=CC1c1ccccc1. The smallest absolute Gasteiger partial charge is 0.114 e. The molecule has 0 amide bonds. The molecular weight excluding hydrogens is 400 g/mol. The van der Waals surface area contributed by atoms with Crippen LogP contribution < -0.4 is 0 Å². The lowest BCUT2D eigenvalue weighted by Crippen LogP contribution is -2.37. The Hall–Kier alpha value is -4.04. The Kier molecular flexibility index (Phi) is 4.84. The fourth-order valence-corrected chi connectivity index (χ4v) is 4.91. The molecule has 1 unspecified atom stereocenters. The summed E-state index contributed by atoms with van der Waals surface area (Å²) in [6.07, 6.45) is 15.7. The Morgan fingerprint density at radius 2 is 1.58 bits per heavy atom. The highest BCUT2D eigenvalue weighted by atomic mass is 15.3. The van der Waals surface area contributed by atoms with E-state index >= 15 is 0 Å². The predicted octanol–water partition coefficient (Wildman–Crippen LogP) is 7.40. The van der Waals surface area contributed by atoms with Gasteiger partial charge in [0.25, 0.3) is 0 Å². The van der Waals surface area contributed by atoms with Crippen molar-refractivity contribution >= 4 is 11.8 Å². The van der Waals surface area contributed by atoms with Gasteiger partial charge in [-0.2, -0.15) is 0 Å². The van der Waals surface area contributed by atoms with E-state index in [0.29, 0.717) is 0 Å². The Bertz CT molecular complexity index is 1340. The van der Waals surface area contributed by atoms with Gasteiger partial charge in [-0.05, 0) is 53.5 Å². The van der Waals surface area contributed by atoms with E-state index in [2.05, 4.69) is 138 Å². The van der Waals surface area contributed by atoms with Gasteiger partial charge in [-0.15, -0.1) is 0 Å². The number of rotatable bonds is 3. The van der Waals surface area contributed by atoms with Crippen molar-refractivity contribution in [2.45, 2.75) is 13.0 Å². The van der Waals surface area contributed by atoms with Crippen molar-refractivity contribution in [2.24, 2.45) is 0 Å². The first-order valence-corrected chi connectivity index (χ1v) is 11.5. The first-order chi connectivity index (χ1) is 16.3. The molecule has 6 rings (SSSR count). The summed E-state index contributed by atoms with van der Waals surface area (Å²) >= 11 is 0. The summed E-state index contributed by atoms with van der Waals surface area (Å²) in [5.74, 6) is 1.21. The molecule has 3 aromatic rings. The molecule has 2 heteroatoms. The van der Waals surface area contributed by atoms with Gasteiger partial charge in [-0.25, -0.2) is 0 Å². The van der Waals surface area contributed by atoms with Gasteiger partial charge in [0.2, 0.25) is 0 Å². The Morgan fingerprint density at radius 1 is 0.788 bits per heavy atom. The van der Waals surface area contributed by atoms with Gasteiger partial charge in [-0.1, -0.05) is 96.6 Å². The summed E-state index contributed by atoms with van der Waals surface area (Å²) in [4.78, 5) is 4.84. The summed E-state index contributed by atoms with van der Waals surface area (Å²) in [6.45, 7) is 3.06. The lowest BCUT2D eigenvalue weighted by molar-refractivity contribution is 0.304. The molecule has 0 N–H and O–H groups in total. The molecule has 3 heterocycles. The van der Waals surface area contributed by atoms with E-state index in [0.717, 1.165) is 6.54 Å². The molecule has 33 heavy (non-hydrogen) atoms. The Balaban J connectivity index is 1.48. The molecule has 3 aromatic carbocycles. The van der Waals surface area contributed by atoms with Crippen LogP contribution in [0.3, 0.4) is 0 Å². The fourth-order valence-electron chi connectivity index (χ4n) is 4.91. The zero-order valence-corrected chi connectivity index (χ0v) is 18.7. The van der Waals surface area contributed by atoms with Crippen LogP contribution in [0.4, 0.5) is 0 Å². The molecule has 3 aliphatic rings. The molecule has 0 radical (unpaired) electrons. The Morgan fingerprint density at radius 3 is 2.39 bits per heavy atom. The predicted molar refractivity (Wildman–Crippen MR) is 138 cm³/mol. The highest BCUT2D eigenvalue weighted by molar-refractivity contribution is 5.84. The quantitative estimate of drug-likeness (QED) is 0.431. The standard InChI is InChI=1S/C31H26N2/c1-23-17-19-33-30(20-23)28-21-26(24-10-4-2-5-11-24)15-16-27(28)22-31(33)32-18-9-8-14-29(32)25-12-6-3-7-13-25/h2-18,20-22,29H,19H2,1H3. The molecule has 0 saturated carbocycles. The second-order valence-electron chi connectivity index (χ2n) is 8.75. The highest BCUT2D eigenvalue weighted by Gasteiger charge is 2.31. The zero-order chi connectivity index (χ0) is 22.2. The van der Waals surface area contributed by atoms with Crippen molar-refractivity contribution in [3.63, 3.8) is 0 Å². The average Bonchev–Trinajstić information content (AvgIpc) is 2.89. The van der Waals surface area contributed by atoms with Crippen LogP contribution in [0, 0.1) is 0 Å². The van der Waals surface area contributed by atoms with E-state index in [1.807, 2.05) is 0 Å². The maximum atomic E-state index is 2.45. The van der Waals surface area contributed by atoms with Crippen LogP contribution in [0.15, 0.2) is 127 Å². The van der Waals surface area contributed by atoms with Crippen LogP contribution in [0.25, 0.3) is 22.9 Å². The van der Waals surface area contributed by atoms with E-state index in [9.17, 15) is 0 Å². The summed E-state index contributed by atoms with van der Waals surface area (Å²) < 4.78 is 0. The average molecular weight is 427 g/mol. The van der Waals surface area contributed by atoms with Crippen molar-refractivity contribution in [2.75, 3.05) is 6.54 Å². The third kappa shape index (κ3) is 3.54. The number of nitrogens with zero attached hydrogens (tertiary/aromatic N) is 2. The molecular formula is C31H26N2. The normalized spacial score (nSPS) is 18.8. The molecule has 0 spiro atoms. The van der Waals surface area contributed by atoms with Gasteiger partial charge in [0.1, 0.15) is 5.82 Å². The van der Waals surface area contributed by atoms with Crippen LogP contribution in [-0.2, 0) is 0 Å². The lowest BCUT2D eigenvalue weighted by atomic mass is 9.91. The van der Waals surface area contributed by atoms with E-state index in [4.69, 9.17) is 0 Å². The molecule has 1 atom stereocenters. The number of allylic oxidation sites excluding steroid dienone is 4. The van der Waals surface area contributed by atoms with Crippen LogP contribution in [0.5, 0.6) is 0 Å². The summed E-state index contributed by atoms with van der Waals surface area (Å²) in [7, 11) is 0. The minimum absolute atomic E-state index is 0.167. The van der Waals surface area contributed by atoms with Gasteiger partial charge in [0.15, 0.2) is 0 Å². The number of hydrogen-bond donors (Lipinski definition) is 0. The van der Waals surface area contributed by atoms with Crippen molar-refractivity contribution in [3.8, 4) is 11.1 Å². The van der Waals surface area contributed by atoms with Gasteiger partial charge in [0, 0.05) is 18.3 Å². The summed E-state index contributed by atoms with van der Waals surface area (Å²) in [5.41, 5.74) is 8.93. The van der Waals surface area contributed by atoms with Gasteiger partial charge < -0.3 is 9.80 Å². The minimum Gasteiger partial charge on any atom is -0.323 e. The van der Waals surface area contributed by atoms with Gasteiger partial charge in [-0.3, -0.25) is 0 Å². The first-order valence-electron chi connectivity index (χ1n) is 11.5. The Labute approximate surface area is 195 Å². The van der Waals surface area contributed by atoms with Gasteiger partial charge in [0.05, 0.1) is 11.7 Å². The monoisotopic (exact) mass is 426 g/mol. The topological polar surface area (TPSA) is 6.48 Å². The molecule has 3 aliphatic heterocycles. The molecule has 160 valence electrons. The third-order valence-electron chi connectivity index (χ3n) is 6.61. The number of fused-ring (bicyclic) bond motifs is 3. The summed E-state index contributed by atoms with van der Waals surface area (Å²) in [5, 5.41) is 0. The second kappa shape index (κ2) is 8.14. The van der Waals surface area contributed by atoms with Crippen LogP contribution in [0.2, 0.25) is 0 Å². The second-order valence-corrected chi connectivity index (χ2v) is 8.75. The van der Waals surface area contributed by atoms with Crippen LogP contribution in [-0.4, -0.2) is 16.3 Å². The van der Waals surface area contributed by atoms with Gasteiger partial charge >= 0.3 is 0 Å². The number of benzene rings is 3. The molecule has 0 aromatic heterocycles. The van der Waals surface area contributed by atoms with E-state index < -0.39 is 0 Å². The summed E-state index contributed by atoms with van der Waals surface area (Å²) in [6, 6.07) is 28.4. The van der Waals surface area contributed by atoms with E-state index in [1.165, 1.54) is 44.9 Å². The molecule has 2 nitrogen and oxygen atoms in total. The molecule has 0 saturated heterocycles. The van der Waals surface area contributed by atoms with Crippen molar-refractivity contribution in [1.29, 1.82) is 0 Å². The molecule has 0 bridgehead atoms. The number of hydrogen-bond acceptors (Lipinski definition) is 2. The minimum atomic E-state index is 0.167.